The van der Waals surface area contributed by atoms with E-state index in [0.29, 0.717) is 34.9 Å². The summed E-state index contributed by atoms with van der Waals surface area (Å²) in [4.78, 5) is 10.3. The van der Waals surface area contributed by atoms with Gasteiger partial charge in [-0.05, 0) is 11.6 Å². The van der Waals surface area contributed by atoms with E-state index in [0.717, 1.165) is 5.56 Å². The van der Waals surface area contributed by atoms with Crippen LogP contribution in [-0.2, 0) is 6.42 Å². The van der Waals surface area contributed by atoms with E-state index in [1.54, 1.807) is 29.2 Å². The van der Waals surface area contributed by atoms with E-state index < -0.39 is 0 Å². The van der Waals surface area contributed by atoms with E-state index in [4.69, 9.17) is 4.42 Å². The van der Waals surface area contributed by atoms with Gasteiger partial charge in [0.2, 0.25) is 11.5 Å². The Kier molecular flexibility index (Phi) is 2.69. The van der Waals surface area contributed by atoms with Crippen molar-refractivity contribution >= 4 is 16.8 Å². The van der Waals surface area contributed by atoms with Gasteiger partial charge in [-0.25, -0.2) is 9.97 Å². The van der Waals surface area contributed by atoms with Gasteiger partial charge >= 0.3 is 0 Å². The van der Waals surface area contributed by atoms with Crippen LogP contribution in [0.25, 0.3) is 22.7 Å². The predicted octanol–water partition coefficient (Wildman–Crippen LogP) is 2.04. The third-order valence-electron chi connectivity index (χ3n) is 3.68. The Balaban J connectivity index is 1.62. The average Bonchev–Trinajstić information content (AvgIpc) is 3.33. The zero-order chi connectivity index (χ0) is 15.9. The van der Waals surface area contributed by atoms with Crippen molar-refractivity contribution in [2.45, 2.75) is 6.42 Å². The molecule has 0 aliphatic rings. The Morgan fingerprint density at radius 3 is 2.71 bits per heavy atom. The van der Waals surface area contributed by atoms with Crippen molar-refractivity contribution < 1.29 is 4.42 Å². The van der Waals surface area contributed by atoms with Crippen LogP contribution < -0.4 is 0 Å². The quantitative estimate of drug-likeness (QED) is 0.506. The van der Waals surface area contributed by atoms with E-state index in [9.17, 15) is 0 Å². The maximum atomic E-state index is 5.31. The first-order valence-electron chi connectivity index (χ1n) is 7.42. The zero-order valence-corrected chi connectivity index (χ0v) is 12.4. The predicted molar refractivity (Wildman–Crippen MR) is 84.7 cm³/mol. The van der Waals surface area contributed by atoms with Crippen LogP contribution in [0.5, 0.6) is 0 Å². The SMILES string of the molecule is c1ccc(Cc2nc3c4nn(-c5ccco5)nc4ncn3n2)cc1. The summed E-state index contributed by atoms with van der Waals surface area (Å²) < 4.78 is 6.94. The minimum atomic E-state index is 0.498. The number of hydrogen-bond acceptors (Lipinski definition) is 6. The number of rotatable bonds is 3. The first-order chi connectivity index (χ1) is 11.9. The molecule has 1 aromatic carbocycles. The largest absolute Gasteiger partial charge is 0.445 e. The first kappa shape index (κ1) is 12.9. The molecule has 5 rings (SSSR count). The van der Waals surface area contributed by atoms with Gasteiger partial charge in [-0.3, -0.25) is 0 Å². The molecule has 0 bridgehead atoms. The van der Waals surface area contributed by atoms with Crippen LogP contribution in [0.15, 0.2) is 59.5 Å². The fraction of sp³-hybridized carbons (Fsp3) is 0.0625. The van der Waals surface area contributed by atoms with Gasteiger partial charge < -0.3 is 4.42 Å². The normalized spacial score (nSPS) is 11.5. The highest BCUT2D eigenvalue weighted by Crippen LogP contribution is 2.16. The van der Waals surface area contributed by atoms with Crippen molar-refractivity contribution in [2.75, 3.05) is 0 Å². The van der Waals surface area contributed by atoms with Crippen molar-refractivity contribution in [1.29, 1.82) is 0 Å². The van der Waals surface area contributed by atoms with Gasteiger partial charge in [0.15, 0.2) is 17.0 Å². The van der Waals surface area contributed by atoms with Crippen molar-refractivity contribution in [1.82, 2.24) is 34.6 Å². The monoisotopic (exact) mass is 317 g/mol. The van der Waals surface area contributed by atoms with Gasteiger partial charge in [0.05, 0.1) is 6.26 Å². The summed E-state index contributed by atoms with van der Waals surface area (Å²) in [5, 5.41) is 13.2. The summed E-state index contributed by atoms with van der Waals surface area (Å²) in [6, 6.07) is 13.6. The maximum Gasteiger partial charge on any atom is 0.238 e. The second-order valence-electron chi connectivity index (χ2n) is 5.32. The summed E-state index contributed by atoms with van der Waals surface area (Å²) >= 11 is 0. The number of benzene rings is 1. The molecule has 8 heteroatoms. The fourth-order valence-electron chi connectivity index (χ4n) is 2.59. The molecule has 4 aromatic heterocycles. The van der Waals surface area contributed by atoms with E-state index in [2.05, 4.69) is 25.3 Å². The number of aromatic nitrogens is 7. The minimum absolute atomic E-state index is 0.498. The van der Waals surface area contributed by atoms with Gasteiger partial charge in [-0.2, -0.15) is 4.52 Å². The fourth-order valence-corrected chi connectivity index (χ4v) is 2.59. The summed E-state index contributed by atoms with van der Waals surface area (Å²) in [5.41, 5.74) is 2.86. The molecular weight excluding hydrogens is 306 g/mol. The summed E-state index contributed by atoms with van der Waals surface area (Å²) in [6.45, 7) is 0. The van der Waals surface area contributed by atoms with Crippen LogP contribution in [0.2, 0.25) is 0 Å². The van der Waals surface area contributed by atoms with Crippen LogP contribution in [0.4, 0.5) is 0 Å². The molecule has 0 unspecified atom stereocenters. The van der Waals surface area contributed by atoms with Crippen LogP contribution in [-0.4, -0.2) is 34.6 Å². The molecule has 116 valence electrons. The molecule has 0 fully saturated rings. The minimum Gasteiger partial charge on any atom is -0.445 e. The Morgan fingerprint density at radius 1 is 0.958 bits per heavy atom. The smallest absolute Gasteiger partial charge is 0.238 e. The summed E-state index contributed by atoms with van der Waals surface area (Å²) in [6.07, 6.45) is 3.82. The molecule has 5 aromatic rings. The molecule has 0 aliphatic heterocycles. The molecule has 0 atom stereocenters. The van der Waals surface area contributed by atoms with Gasteiger partial charge in [0, 0.05) is 12.5 Å². The molecule has 0 amide bonds. The lowest BCUT2D eigenvalue weighted by molar-refractivity contribution is 0.502. The van der Waals surface area contributed by atoms with E-state index >= 15 is 0 Å². The molecule has 0 saturated carbocycles. The lowest BCUT2D eigenvalue weighted by atomic mass is 10.1. The highest BCUT2D eigenvalue weighted by Gasteiger charge is 2.14. The third-order valence-corrected chi connectivity index (χ3v) is 3.68. The van der Waals surface area contributed by atoms with Crippen LogP contribution >= 0.6 is 0 Å². The lowest BCUT2D eigenvalue weighted by Gasteiger charge is -1.94. The van der Waals surface area contributed by atoms with Gasteiger partial charge in [0.1, 0.15) is 6.33 Å². The molecule has 8 nitrogen and oxygen atoms in total. The van der Waals surface area contributed by atoms with Crippen LogP contribution in [0.3, 0.4) is 0 Å². The van der Waals surface area contributed by atoms with Crippen molar-refractivity contribution in [3.8, 4) is 5.88 Å². The Labute approximate surface area is 135 Å². The van der Waals surface area contributed by atoms with E-state index in [1.807, 2.05) is 30.3 Å². The number of fused-ring (bicyclic) bond motifs is 3. The Hall–Kier alpha value is -3.55. The molecule has 0 aliphatic carbocycles. The molecule has 24 heavy (non-hydrogen) atoms. The highest BCUT2D eigenvalue weighted by atomic mass is 16.3. The molecule has 0 radical (unpaired) electrons. The van der Waals surface area contributed by atoms with Gasteiger partial charge in [-0.1, -0.05) is 30.3 Å². The van der Waals surface area contributed by atoms with Crippen LogP contribution in [0.1, 0.15) is 11.4 Å². The molecular formula is C16H11N7O. The van der Waals surface area contributed by atoms with Crippen LogP contribution in [0, 0.1) is 0 Å². The third kappa shape index (κ3) is 2.04. The highest BCUT2D eigenvalue weighted by molar-refractivity contribution is 5.83. The number of nitrogens with zero attached hydrogens (tertiary/aromatic N) is 7. The number of furan rings is 1. The van der Waals surface area contributed by atoms with E-state index in [-0.39, 0.29) is 0 Å². The van der Waals surface area contributed by atoms with Gasteiger partial charge in [-0.15, -0.1) is 20.1 Å². The zero-order valence-electron chi connectivity index (χ0n) is 12.4. The van der Waals surface area contributed by atoms with E-state index in [1.165, 1.54) is 4.80 Å². The standard InChI is InChI=1S/C16H11N7O/c1-2-5-11(6-3-1)9-12-18-16-14-15(17-10-22(16)19-12)21-23(20-14)13-7-4-8-24-13/h1-8,10H,9H2. The topological polar surface area (TPSA) is 86.9 Å². The van der Waals surface area contributed by atoms with Gasteiger partial charge in [0.25, 0.3) is 0 Å². The second kappa shape index (κ2) is 4.98. The number of hydrogen-bond donors (Lipinski definition) is 0. The summed E-state index contributed by atoms with van der Waals surface area (Å²) in [7, 11) is 0. The Morgan fingerprint density at radius 2 is 1.88 bits per heavy atom. The Bertz CT molecular complexity index is 1130. The van der Waals surface area contributed by atoms with Crippen molar-refractivity contribution in [2.24, 2.45) is 0 Å². The maximum absolute atomic E-state index is 5.31. The molecule has 0 N–H and O–H groups in total. The average molecular weight is 317 g/mol. The summed E-state index contributed by atoms with van der Waals surface area (Å²) in [5.74, 6) is 1.23. The molecule has 0 saturated heterocycles. The van der Waals surface area contributed by atoms with Crippen molar-refractivity contribution in [3.63, 3.8) is 0 Å². The molecule has 0 spiro atoms. The lowest BCUT2D eigenvalue weighted by Crippen LogP contribution is -1.95. The first-order valence-corrected chi connectivity index (χ1v) is 7.42. The second-order valence-corrected chi connectivity index (χ2v) is 5.32. The molecule has 4 heterocycles. The van der Waals surface area contributed by atoms with Crippen molar-refractivity contribution in [3.05, 3.63) is 66.4 Å².